The maximum absolute atomic E-state index is 12.9. The second-order valence-corrected chi connectivity index (χ2v) is 9.76. The molecule has 0 unspecified atom stereocenters. The Labute approximate surface area is 177 Å². The van der Waals surface area contributed by atoms with E-state index in [1.165, 1.54) is 10.4 Å². The topological polar surface area (TPSA) is 84.9 Å². The molecule has 1 saturated heterocycles. The molecule has 8 heteroatoms. The summed E-state index contributed by atoms with van der Waals surface area (Å²) >= 11 is 0. The third kappa shape index (κ3) is 4.44. The molecule has 30 heavy (non-hydrogen) atoms. The molecule has 2 aliphatic heterocycles. The Hall–Kier alpha value is -2.58. The molecule has 0 bridgehead atoms. The molecule has 4 rings (SSSR count). The number of sulfonamides is 1. The summed E-state index contributed by atoms with van der Waals surface area (Å²) in [4.78, 5) is 12.8. The summed E-state index contributed by atoms with van der Waals surface area (Å²) in [6.45, 7) is 3.75. The lowest BCUT2D eigenvalue weighted by molar-refractivity contribution is 0.0789. The Morgan fingerprint density at radius 2 is 1.83 bits per heavy atom. The van der Waals surface area contributed by atoms with E-state index in [0.29, 0.717) is 42.7 Å². The summed E-state index contributed by atoms with van der Waals surface area (Å²) in [5.74, 6) is 1.52. The van der Waals surface area contributed by atoms with Crippen LogP contribution in [0.5, 0.6) is 11.5 Å². The van der Waals surface area contributed by atoms with Crippen molar-refractivity contribution in [1.29, 1.82) is 0 Å². The highest BCUT2D eigenvalue weighted by atomic mass is 32.2. The average Bonchev–Trinajstić information content (AvgIpc) is 2.77. The van der Waals surface area contributed by atoms with E-state index in [4.69, 9.17) is 9.47 Å². The molecule has 0 aliphatic carbocycles. The smallest absolute Gasteiger partial charge is 0.251 e. The molecule has 2 heterocycles. The van der Waals surface area contributed by atoms with Crippen molar-refractivity contribution < 1.29 is 22.7 Å². The van der Waals surface area contributed by atoms with Crippen LogP contribution in [0.2, 0.25) is 0 Å². The molecule has 1 atom stereocenters. The van der Waals surface area contributed by atoms with Crippen molar-refractivity contribution in [3.63, 3.8) is 0 Å². The SMILES string of the molecule is CC1CCN(S(=O)(=O)c2cccc(C(=O)NC[C@@H]3COc4ccccc4O3)c2)CC1. The maximum atomic E-state index is 12.9. The Balaban J connectivity index is 1.39. The van der Waals surface area contributed by atoms with Gasteiger partial charge in [0.05, 0.1) is 11.4 Å². The minimum atomic E-state index is -3.60. The molecule has 7 nitrogen and oxygen atoms in total. The molecule has 0 aromatic heterocycles. The summed E-state index contributed by atoms with van der Waals surface area (Å²) in [6, 6.07) is 13.6. The molecular weight excluding hydrogens is 404 g/mol. The van der Waals surface area contributed by atoms with Crippen LogP contribution in [0, 0.1) is 5.92 Å². The molecule has 2 aromatic rings. The minimum Gasteiger partial charge on any atom is -0.486 e. The fourth-order valence-corrected chi connectivity index (χ4v) is 5.16. The Morgan fingerprint density at radius 1 is 1.10 bits per heavy atom. The summed E-state index contributed by atoms with van der Waals surface area (Å²) in [5, 5.41) is 2.81. The molecule has 0 radical (unpaired) electrons. The fourth-order valence-electron chi connectivity index (χ4n) is 3.64. The summed E-state index contributed by atoms with van der Waals surface area (Å²) in [5.41, 5.74) is 0.304. The van der Waals surface area contributed by atoms with E-state index < -0.39 is 10.0 Å². The van der Waals surface area contributed by atoms with Gasteiger partial charge in [0.25, 0.3) is 5.91 Å². The van der Waals surface area contributed by atoms with Crippen molar-refractivity contribution in [2.45, 2.75) is 30.8 Å². The largest absolute Gasteiger partial charge is 0.486 e. The average molecular weight is 431 g/mol. The number of nitrogens with zero attached hydrogens (tertiary/aromatic N) is 1. The predicted molar refractivity (Wildman–Crippen MR) is 112 cm³/mol. The third-order valence-electron chi connectivity index (χ3n) is 5.53. The molecule has 2 aliphatic rings. The molecule has 1 N–H and O–H groups in total. The predicted octanol–water partition coefficient (Wildman–Crippen LogP) is 2.68. The van der Waals surface area contributed by atoms with Crippen LogP contribution in [0.3, 0.4) is 0 Å². The Bertz CT molecular complexity index is 1020. The van der Waals surface area contributed by atoms with Gasteiger partial charge in [0.1, 0.15) is 12.7 Å². The van der Waals surface area contributed by atoms with Crippen molar-refractivity contribution in [3.8, 4) is 11.5 Å². The zero-order valence-electron chi connectivity index (χ0n) is 16.9. The van der Waals surface area contributed by atoms with E-state index in [-0.39, 0.29) is 23.5 Å². The van der Waals surface area contributed by atoms with Gasteiger partial charge >= 0.3 is 0 Å². The lowest BCUT2D eigenvalue weighted by atomic mass is 10.0. The van der Waals surface area contributed by atoms with Gasteiger partial charge in [0, 0.05) is 18.7 Å². The van der Waals surface area contributed by atoms with E-state index in [2.05, 4.69) is 12.2 Å². The third-order valence-corrected chi connectivity index (χ3v) is 7.43. The lowest BCUT2D eigenvalue weighted by Gasteiger charge is -2.29. The first-order valence-corrected chi connectivity index (χ1v) is 11.6. The highest BCUT2D eigenvalue weighted by Gasteiger charge is 2.28. The number of ether oxygens (including phenoxy) is 2. The first kappa shape index (κ1) is 20.7. The van der Waals surface area contributed by atoms with Crippen LogP contribution < -0.4 is 14.8 Å². The van der Waals surface area contributed by atoms with Crippen LogP contribution in [-0.4, -0.2) is 51.0 Å². The standard InChI is InChI=1S/C22H26N2O5S/c1-16-9-11-24(12-10-16)30(26,27)19-6-4-5-17(13-19)22(25)23-14-18-15-28-20-7-2-3-8-21(20)29-18/h2-8,13,16,18H,9-12,14-15H2,1H3,(H,23,25)/t18-/m1/s1. The molecule has 160 valence electrons. The van der Waals surface area contributed by atoms with Crippen LogP contribution in [0.25, 0.3) is 0 Å². The van der Waals surface area contributed by atoms with E-state index >= 15 is 0 Å². The first-order chi connectivity index (χ1) is 14.4. The van der Waals surface area contributed by atoms with Crippen molar-refractivity contribution in [3.05, 3.63) is 54.1 Å². The number of carbonyl (C=O) groups is 1. The van der Waals surface area contributed by atoms with Crippen LogP contribution >= 0.6 is 0 Å². The summed E-state index contributed by atoms with van der Waals surface area (Å²) < 4.78 is 38.9. The van der Waals surface area contributed by atoms with E-state index in [1.807, 2.05) is 24.3 Å². The molecule has 0 spiro atoms. The quantitative estimate of drug-likeness (QED) is 0.788. The molecule has 2 aromatic carbocycles. The highest BCUT2D eigenvalue weighted by Crippen LogP contribution is 2.30. The van der Waals surface area contributed by atoms with Crippen LogP contribution in [0.4, 0.5) is 0 Å². The Kier molecular flexibility index (Phi) is 5.97. The van der Waals surface area contributed by atoms with Gasteiger partial charge in [-0.1, -0.05) is 25.1 Å². The zero-order valence-corrected chi connectivity index (χ0v) is 17.7. The van der Waals surface area contributed by atoms with Crippen LogP contribution in [-0.2, 0) is 10.0 Å². The normalized spacial score (nSPS) is 20.0. The number of amides is 1. The van der Waals surface area contributed by atoms with Gasteiger partial charge in [-0.05, 0) is 49.1 Å². The summed E-state index contributed by atoms with van der Waals surface area (Å²) in [6.07, 6.45) is 1.39. The number of rotatable bonds is 5. The van der Waals surface area contributed by atoms with Gasteiger partial charge < -0.3 is 14.8 Å². The van der Waals surface area contributed by atoms with Gasteiger partial charge in [-0.15, -0.1) is 0 Å². The second-order valence-electron chi connectivity index (χ2n) is 7.82. The highest BCUT2D eigenvalue weighted by molar-refractivity contribution is 7.89. The lowest BCUT2D eigenvalue weighted by Crippen LogP contribution is -2.41. The number of carbonyl (C=O) groups excluding carboxylic acids is 1. The maximum Gasteiger partial charge on any atom is 0.251 e. The molecule has 1 fully saturated rings. The number of fused-ring (bicyclic) bond motifs is 1. The van der Waals surface area contributed by atoms with Crippen molar-refractivity contribution in [2.75, 3.05) is 26.2 Å². The molecule has 0 saturated carbocycles. The van der Waals surface area contributed by atoms with Gasteiger partial charge in [-0.3, -0.25) is 4.79 Å². The summed E-state index contributed by atoms with van der Waals surface area (Å²) in [7, 11) is -3.60. The minimum absolute atomic E-state index is 0.149. The fraction of sp³-hybridized carbons (Fsp3) is 0.409. The first-order valence-electron chi connectivity index (χ1n) is 10.2. The monoisotopic (exact) mass is 430 g/mol. The number of hydrogen-bond acceptors (Lipinski definition) is 5. The number of para-hydroxylation sites is 2. The van der Waals surface area contributed by atoms with Gasteiger partial charge in [-0.2, -0.15) is 4.31 Å². The van der Waals surface area contributed by atoms with E-state index in [1.54, 1.807) is 18.2 Å². The van der Waals surface area contributed by atoms with Crippen molar-refractivity contribution >= 4 is 15.9 Å². The van der Waals surface area contributed by atoms with Gasteiger partial charge in [0.15, 0.2) is 11.5 Å². The van der Waals surface area contributed by atoms with Crippen LogP contribution in [0.1, 0.15) is 30.1 Å². The second kappa shape index (κ2) is 8.65. The van der Waals surface area contributed by atoms with Gasteiger partial charge in [-0.25, -0.2) is 8.42 Å². The van der Waals surface area contributed by atoms with E-state index in [0.717, 1.165) is 12.8 Å². The molecule has 1 amide bonds. The number of nitrogens with one attached hydrogen (secondary N) is 1. The van der Waals surface area contributed by atoms with Crippen molar-refractivity contribution in [1.82, 2.24) is 9.62 Å². The number of piperidine rings is 1. The zero-order chi connectivity index (χ0) is 21.1. The van der Waals surface area contributed by atoms with E-state index in [9.17, 15) is 13.2 Å². The van der Waals surface area contributed by atoms with Crippen molar-refractivity contribution in [2.24, 2.45) is 5.92 Å². The molecular formula is C22H26N2O5S. The van der Waals surface area contributed by atoms with Gasteiger partial charge in [0.2, 0.25) is 10.0 Å². The Morgan fingerprint density at radius 3 is 2.60 bits per heavy atom. The number of benzene rings is 2. The van der Waals surface area contributed by atoms with Crippen LogP contribution in [0.15, 0.2) is 53.4 Å². The number of hydrogen-bond donors (Lipinski definition) is 1.